The zero-order chi connectivity index (χ0) is 32.5. The van der Waals surface area contributed by atoms with Gasteiger partial charge in [0, 0.05) is 0 Å². The summed E-state index contributed by atoms with van der Waals surface area (Å²) in [7, 11) is 0. The number of aromatic nitrogens is 1. The van der Waals surface area contributed by atoms with Crippen molar-refractivity contribution >= 4 is 62.7 Å². The lowest BCUT2D eigenvalue weighted by Gasteiger charge is -2.22. The predicted molar refractivity (Wildman–Crippen MR) is 132 cm³/mol. The monoisotopic (exact) mass is 606 g/mol. The van der Waals surface area contributed by atoms with Gasteiger partial charge in [-0.3, -0.25) is 85.8 Å². The second kappa shape index (κ2) is 11.0. The van der Waals surface area contributed by atoms with Crippen molar-refractivity contribution in [2.75, 3.05) is 4.90 Å². The van der Waals surface area contributed by atoms with Crippen molar-refractivity contribution < 1.29 is 39.4 Å². The number of nitro benzene ring substituents is 6. The minimum absolute atomic E-state index is 0.0651. The number of hydrogen-bond acceptors (Lipinski definition) is 18. The third-order valence-corrected chi connectivity index (χ3v) is 5.22. The number of nitrogens with zero attached hydrogens (tertiary/aromatic N) is 10. The van der Waals surface area contributed by atoms with Gasteiger partial charge in [-0.2, -0.15) is 0 Å². The number of benzene rings is 2. The maximum atomic E-state index is 12.0. The zero-order valence-corrected chi connectivity index (χ0v) is 20.0. The highest BCUT2D eigenvalue weighted by molar-refractivity contribution is 5.96. The number of pyridine rings is 1. The number of hydrogen-bond donors (Lipinski definition) is 0. The van der Waals surface area contributed by atoms with Gasteiger partial charge in [0.05, 0.1) is 69.7 Å². The number of nitro groups is 8. The van der Waals surface area contributed by atoms with Gasteiger partial charge in [-0.05, 0) is 0 Å². The molecule has 0 saturated carbocycles. The molecular weight excluding hydrogens is 600 g/mol. The first-order chi connectivity index (χ1) is 20.0. The second-order valence-electron chi connectivity index (χ2n) is 7.59. The molecule has 0 amide bonds. The molecule has 0 atom stereocenters. The van der Waals surface area contributed by atoms with Crippen molar-refractivity contribution in [2.45, 2.75) is 0 Å². The molecule has 0 N–H and O–H groups in total. The van der Waals surface area contributed by atoms with Crippen LogP contribution < -0.4 is 4.90 Å². The molecule has 0 fully saturated rings. The molecule has 220 valence electrons. The van der Waals surface area contributed by atoms with Crippen LogP contribution in [0.5, 0.6) is 0 Å². The van der Waals surface area contributed by atoms with Crippen LogP contribution in [0.1, 0.15) is 0 Å². The molecule has 26 nitrogen and oxygen atoms in total. The lowest BCUT2D eigenvalue weighted by Crippen LogP contribution is -2.19. The Morgan fingerprint density at radius 2 is 0.698 bits per heavy atom. The van der Waals surface area contributed by atoms with Crippen molar-refractivity contribution in [3.63, 3.8) is 0 Å². The molecule has 1 aromatic heterocycles. The molecule has 0 spiro atoms. The predicted octanol–water partition coefficient (Wildman–Crippen LogP) is 3.82. The lowest BCUT2D eigenvalue weighted by molar-refractivity contribution is -0.402. The summed E-state index contributed by atoms with van der Waals surface area (Å²) in [5.74, 6) is -1.48. The molecule has 0 unspecified atom stereocenters. The van der Waals surface area contributed by atoms with Crippen LogP contribution in [-0.2, 0) is 0 Å². The standard InChI is InChI=1S/C17H6N10O16/c28-20(29)7-1-10(23(34)35)15(11(2-7)24(36)37)19(17-14(27(42)43)5-9(6-18-17)22(32)33)16-12(25(38)39)3-8(21(30)31)4-13(16)26(40)41/h1-6H. The summed E-state index contributed by atoms with van der Waals surface area (Å²) >= 11 is 0. The Hall–Kier alpha value is -7.41. The van der Waals surface area contributed by atoms with Gasteiger partial charge in [-0.15, -0.1) is 0 Å². The fraction of sp³-hybridized carbons (Fsp3) is 0. The Bertz CT molecular complexity index is 1660. The molecule has 3 aromatic rings. The molecular formula is C17H6N10O16. The van der Waals surface area contributed by atoms with E-state index in [4.69, 9.17) is 0 Å². The van der Waals surface area contributed by atoms with Gasteiger partial charge < -0.3 is 0 Å². The maximum Gasteiger partial charge on any atom is 0.319 e. The first kappa shape index (κ1) is 30.1. The maximum absolute atomic E-state index is 12.0. The van der Waals surface area contributed by atoms with E-state index in [0.717, 1.165) is 0 Å². The summed E-state index contributed by atoms with van der Waals surface area (Å²) in [5, 5.41) is 93.9. The fourth-order valence-corrected chi connectivity index (χ4v) is 3.57. The number of non-ortho nitro benzene ring substituents is 2. The topological polar surface area (TPSA) is 361 Å². The van der Waals surface area contributed by atoms with Gasteiger partial charge in [0.25, 0.3) is 17.1 Å². The average molecular weight is 606 g/mol. The Labute approximate surface area is 230 Å². The van der Waals surface area contributed by atoms with Gasteiger partial charge in [-0.25, -0.2) is 4.98 Å². The molecule has 1 heterocycles. The third-order valence-electron chi connectivity index (χ3n) is 5.22. The Balaban J connectivity index is 2.79. The highest BCUT2D eigenvalue weighted by Gasteiger charge is 2.45. The van der Waals surface area contributed by atoms with Gasteiger partial charge >= 0.3 is 28.4 Å². The van der Waals surface area contributed by atoms with Crippen molar-refractivity contribution in [2.24, 2.45) is 0 Å². The van der Waals surface area contributed by atoms with E-state index in [0.29, 0.717) is 0 Å². The largest absolute Gasteiger partial charge is 0.319 e. The normalized spacial score (nSPS) is 10.4. The van der Waals surface area contributed by atoms with Crippen LogP contribution in [0.25, 0.3) is 0 Å². The van der Waals surface area contributed by atoms with Crippen LogP contribution in [0.3, 0.4) is 0 Å². The molecule has 2 aromatic carbocycles. The van der Waals surface area contributed by atoms with Crippen molar-refractivity contribution in [3.8, 4) is 0 Å². The molecule has 3 rings (SSSR count). The quantitative estimate of drug-likeness (QED) is 0.221. The number of anilines is 3. The van der Waals surface area contributed by atoms with Gasteiger partial charge in [0.15, 0.2) is 0 Å². The van der Waals surface area contributed by atoms with E-state index in [1.807, 2.05) is 0 Å². The summed E-state index contributed by atoms with van der Waals surface area (Å²) in [6, 6.07) is 0.401. The van der Waals surface area contributed by atoms with E-state index in [9.17, 15) is 80.9 Å². The highest BCUT2D eigenvalue weighted by Crippen LogP contribution is 2.54. The minimum Gasteiger partial charge on any atom is -0.265 e. The van der Waals surface area contributed by atoms with Crippen LogP contribution in [0.15, 0.2) is 36.5 Å². The zero-order valence-electron chi connectivity index (χ0n) is 20.0. The van der Waals surface area contributed by atoms with Crippen LogP contribution in [0.4, 0.5) is 62.7 Å². The molecule has 26 heteroatoms. The fourth-order valence-electron chi connectivity index (χ4n) is 3.57. The van der Waals surface area contributed by atoms with Crippen molar-refractivity contribution in [1.82, 2.24) is 4.98 Å². The van der Waals surface area contributed by atoms with Crippen LogP contribution in [0, 0.1) is 80.9 Å². The van der Waals surface area contributed by atoms with E-state index in [-0.39, 0.29) is 41.4 Å². The SMILES string of the molecule is O=[N+]([O-])c1cnc(N(c2c([N+](=O)[O-])cc([N+](=O)[O-])cc2[N+](=O)[O-])c2c([N+](=O)[O-])cc([N+](=O)[O-])cc2[N+](=O)[O-])c([N+](=O)[O-])c1. The van der Waals surface area contributed by atoms with E-state index in [2.05, 4.69) is 4.98 Å². The van der Waals surface area contributed by atoms with Crippen LogP contribution in [0.2, 0.25) is 0 Å². The number of rotatable bonds is 11. The van der Waals surface area contributed by atoms with Gasteiger partial charge in [0.2, 0.25) is 17.2 Å². The van der Waals surface area contributed by atoms with Gasteiger partial charge in [0.1, 0.15) is 6.20 Å². The summed E-state index contributed by atoms with van der Waals surface area (Å²) < 4.78 is 0. The summed E-state index contributed by atoms with van der Waals surface area (Å²) in [6.45, 7) is 0. The van der Waals surface area contributed by atoms with Crippen molar-refractivity contribution in [1.29, 1.82) is 0 Å². The third kappa shape index (κ3) is 5.52. The minimum atomic E-state index is -1.68. The first-order valence-electron chi connectivity index (χ1n) is 10.3. The summed E-state index contributed by atoms with van der Waals surface area (Å²) in [4.78, 5) is 85.6. The smallest absolute Gasteiger partial charge is 0.265 e. The summed E-state index contributed by atoms with van der Waals surface area (Å²) in [5.41, 5.74) is -15.3. The van der Waals surface area contributed by atoms with Gasteiger partial charge in [-0.1, -0.05) is 0 Å². The molecule has 0 aliphatic rings. The molecule has 43 heavy (non-hydrogen) atoms. The molecule has 0 aliphatic heterocycles. The Morgan fingerprint density at radius 3 is 0.953 bits per heavy atom. The van der Waals surface area contributed by atoms with E-state index in [1.165, 1.54) is 0 Å². The summed E-state index contributed by atoms with van der Waals surface area (Å²) in [6.07, 6.45) is 0.238. The Morgan fingerprint density at radius 1 is 0.419 bits per heavy atom. The molecule has 0 bridgehead atoms. The first-order valence-corrected chi connectivity index (χ1v) is 10.3. The van der Waals surface area contributed by atoms with E-state index in [1.54, 1.807) is 0 Å². The average Bonchev–Trinajstić information content (AvgIpc) is 2.92. The molecule has 0 radical (unpaired) electrons. The van der Waals surface area contributed by atoms with Crippen LogP contribution >= 0.6 is 0 Å². The van der Waals surface area contributed by atoms with E-state index >= 15 is 0 Å². The van der Waals surface area contributed by atoms with Crippen LogP contribution in [-0.4, -0.2) is 44.4 Å². The second-order valence-corrected chi connectivity index (χ2v) is 7.59. The van der Waals surface area contributed by atoms with Crippen molar-refractivity contribution in [3.05, 3.63) is 117 Å². The Kier molecular flexibility index (Phi) is 7.70. The lowest BCUT2D eigenvalue weighted by atomic mass is 10.1. The highest BCUT2D eigenvalue weighted by atomic mass is 16.7. The van der Waals surface area contributed by atoms with E-state index < -0.39 is 102 Å². The molecule has 0 saturated heterocycles. The molecule has 0 aliphatic carbocycles.